The molecule has 0 radical (unpaired) electrons. The first kappa shape index (κ1) is 20.9. The van der Waals surface area contributed by atoms with Gasteiger partial charge in [0.05, 0.1) is 12.6 Å². The van der Waals surface area contributed by atoms with Crippen LogP contribution in [-0.4, -0.2) is 33.4 Å². The highest BCUT2D eigenvalue weighted by molar-refractivity contribution is 14.0. The van der Waals surface area contributed by atoms with Gasteiger partial charge >= 0.3 is 0 Å². The van der Waals surface area contributed by atoms with Crippen LogP contribution < -0.4 is 15.4 Å². The van der Waals surface area contributed by atoms with Crippen molar-refractivity contribution in [2.75, 3.05) is 7.05 Å². The van der Waals surface area contributed by atoms with E-state index in [2.05, 4.69) is 44.0 Å². The molecule has 1 unspecified atom stereocenters. The lowest BCUT2D eigenvalue weighted by molar-refractivity contribution is 0.0396. The van der Waals surface area contributed by atoms with Crippen molar-refractivity contribution in [3.8, 4) is 5.75 Å². The van der Waals surface area contributed by atoms with E-state index in [0.29, 0.717) is 6.54 Å². The quantitative estimate of drug-likeness (QED) is 0.388. The minimum Gasteiger partial charge on any atom is -0.487 e. The molecule has 2 heterocycles. The van der Waals surface area contributed by atoms with Crippen LogP contribution >= 0.6 is 24.0 Å². The van der Waals surface area contributed by atoms with Gasteiger partial charge in [-0.05, 0) is 38.7 Å². The van der Waals surface area contributed by atoms with E-state index in [4.69, 9.17) is 4.74 Å². The number of ether oxygens (including phenoxy) is 1. The predicted molar refractivity (Wildman–Crippen MR) is 120 cm³/mol. The minimum absolute atomic E-state index is 0. The van der Waals surface area contributed by atoms with E-state index in [0.717, 1.165) is 42.6 Å². The lowest BCUT2D eigenvalue weighted by Crippen LogP contribution is -2.46. The maximum Gasteiger partial charge on any atom is 0.191 e. The molecule has 0 amide bonds. The molecule has 8 heteroatoms. The molecule has 4 rings (SSSR count). The Labute approximate surface area is 183 Å². The minimum atomic E-state index is -0.0361. The van der Waals surface area contributed by atoms with Crippen molar-refractivity contribution in [2.24, 2.45) is 12.0 Å². The van der Waals surface area contributed by atoms with Gasteiger partial charge in [0.25, 0.3) is 0 Å². The summed E-state index contributed by atoms with van der Waals surface area (Å²) < 4.78 is 8.44. The molecule has 1 fully saturated rings. The maximum atomic E-state index is 6.45. The zero-order valence-electron chi connectivity index (χ0n) is 16.7. The molecule has 1 aliphatic carbocycles. The van der Waals surface area contributed by atoms with E-state index in [1.54, 1.807) is 7.05 Å². The zero-order chi connectivity index (χ0) is 18.9. The summed E-state index contributed by atoms with van der Waals surface area (Å²) in [7, 11) is 3.77. The van der Waals surface area contributed by atoms with E-state index < -0.39 is 0 Å². The summed E-state index contributed by atoms with van der Waals surface area (Å²) in [6.45, 7) is 2.52. The number of para-hydroxylation sites is 1. The van der Waals surface area contributed by atoms with Crippen molar-refractivity contribution >= 4 is 29.9 Å². The van der Waals surface area contributed by atoms with Crippen molar-refractivity contribution in [2.45, 2.75) is 57.2 Å². The second-order valence-electron chi connectivity index (χ2n) is 7.58. The number of aryl methyl sites for hydroxylation is 1. The van der Waals surface area contributed by atoms with Crippen molar-refractivity contribution in [3.63, 3.8) is 0 Å². The van der Waals surface area contributed by atoms with Gasteiger partial charge in [-0.3, -0.25) is 4.99 Å². The number of nitrogens with zero attached hydrogens (tertiary/aromatic N) is 4. The molecule has 2 aliphatic rings. The Bertz CT molecular complexity index is 843. The number of aromatic nitrogens is 3. The SMILES string of the molecule is CN=C(NCc1nnc(C)n1C)NC1CC2(CCCC2)Oc2ccccc21.I. The third-order valence-corrected chi connectivity index (χ3v) is 5.84. The fourth-order valence-electron chi connectivity index (χ4n) is 4.20. The molecule has 7 nitrogen and oxygen atoms in total. The molecule has 1 atom stereocenters. The van der Waals surface area contributed by atoms with Gasteiger partial charge in [0.1, 0.15) is 17.2 Å². The monoisotopic (exact) mass is 496 g/mol. The fourth-order valence-corrected chi connectivity index (χ4v) is 4.20. The number of nitrogens with one attached hydrogen (secondary N) is 2. The molecule has 152 valence electrons. The summed E-state index contributed by atoms with van der Waals surface area (Å²) in [6, 6.07) is 8.53. The molecule has 1 aromatic heterocycles. The van der Waals surface area contributed by atoms with Gasteiger partial charge in [-0.1, -0.05) is 18.2 Å². The Kier molecular flexibility index (Phi) is 6.47. The van der Waals surface area contributed by atoms with Crippen LogP contribution in [0, 0.1) is 6.92 Å². The number of guanidine groups is 1. The van der Waals surface area contributed by atoms with Crippen LogP contribution in [-0.2, 0) is 13.6 Å². The largest absolute Gasteiger partial charge is 0.487 e. The van der Waals surface area contributed by atoms with E-state index in [-0.39, 0.29) is 35.6 Å². The predicted octanol–water partition coefficient (Wildman–Crippen LogP) is 3.24. The lowest BCUT2D eigenvalue weighted by Gasteiger charge is -2.40. The highest BCUT2D eigenvalue weighted by atomic mass is 127. The molecule has 0 bridgehead atoms. The first-order valence-electron chi connectivity index (χ1n) is 9.70. The topological polar surface area (TPSA) is 76.4 Å². The highest BCUT2D eigenvalue weighted by Gasteiger charge is 2.43. The average molecular weight is 496 g/mol. The number of rotatable bonds is 3. The summed E-state index contributed by atoms with van der Waals surface area (Å²) in [5, 5.41) is 15.3. The number of hydrogen-bond acceptors (Lipinski definition) is 4. The van der Waals surface area contributed by atoms with E-state index in [9.17, 15) is 0 Å². The van der Waals surface area contributed by atoms with Gasteiger partial charge in [-0.2, -0.15) is 0 Å². The van der Waals surface area contributed by atoms with Crippen molar-refractivity contribution in [3.05, 3.63) is 41.5 Å². The molecule has 1 aliphatic heterocycles. The average Bonchev–Trinajstić information content (AvgIpc) is 3.26. The van der Waals surface area contributed by atoms with Crippen LogP contribution in [0.5, 0.6) is 5.75 Å². The number of hydrogen-bond donors (Lipinski definition) is 2. The maximum absolute atomic E-state index is 6.45. The van der Waals surface area contributed by atoms with Crippen molar-refractivity contribution in [1.29, 1.82) is 0 Å². The number of aliphatic imine (C=N–C) groups is 1. The number of fused-ring (bicyclic) bond motifs is 1. The summed E-state index contributed by atoms with van der Waals surface area (Å²) in [5.41, 5.74) is 1.17. The first-order valence-corrected chi connectivity index (χ1v) is 9.70. The summed E-state index contributed by atoms with van der Waals surface area (Å²) in [4.78, 5) is 4.42. The summed E-state index contributed by atoms with van der Waals surface area (Å²) in [6.07, 6.45) is 5.71. The molecule has 2 aromatic rings. The standard InChI is InChI=1S/C20H28N6O.HI/c1-14-24-25-18(26(14)3)13-22-19(21-2)23-16-12-20(10-6-7-11-20)27-17-9-5-4-8-15(16)17;/h4-5,8-9,16H,6-7,10-13H2,1-3H3,(H2,21,22,23);1H. The van der Waals surface area contributed by atoms with Crippen LogP contribution in [0.3, 0.4) is 0 Å². The number of halogens is 1. The van der Waals surface area contributed by atoms with Crippen LogP contribution in [0.1, 0.15) is 55.4 Å². The normalized spacial score (nSPS) is 20.2. The molecule has 1 saturated carbocycles. The van der Waals surface area contributed by atoms with Crippen molar-refractivity contribution in [1.82, 2.24) is 25.4 Å². The molecule has 1 aromatic carbocycles. The van der Waals surface area contributed by atoms with Gasteiger partial charge < -0.3 is 19.9 Å². The molecular formula is C20H29IN6O. The number of benzene rings is 1. The Hall–Kier alpha value is -1.84. The van der Waals surface area contributed by atoms with E-state index >= 15 is 0 Å². The van der Waals surface area contributed by atoms with Gasteiger partial charge in [0.2, 0.25) is 0 Å². The van der Waals surface area contributed by atoms with Crippen molar-refractivity contribution < 1.29 is 4.74 Å². The molecule has 28 heavy (non-hydrogen) atoms. The summed E-state index contributed by atoms with van der Waals surface area (Å²) >= 11 is 0. The fraction of sp³-hybridized carbons (Fsp3) is 0.550. The molecule has 1 spiro atoms. The Morgan fingerprint density at radius 3 is 2.71 bits per heavy atom. The second kappa shape index (κ2) is 8.67. The van der Waals surface area contributed by atoms with E-state index in [1.807, 2.05) is 24.6 Å². The van der Waals surface area contributed by atoms with E-state index in [1.165, 1.54) is 18.4 Å². The third-order valence-electron chi connectivity index (χ3n) is 5.84. The van der Waals surface area contributed by atoms with Crippen LogP contribution in [0.2, 0.25) is 0 Å². The van der Waals surface area contributed by atoms with Crippen LogP contribution in [0.15, 0.2) is 29.3 Å². The van der Waals surface area contributed by atoms with Gasteiger partial charge in [-0.25, -0.2) is 0 Å². The van der Waals surface area contributed by atoms with Crippen LogP contribution in [0.25, 0.3) is 0 Å². The Balaban J connectivity index is 0.00000225. The first-order chi connectivity index (χ1) is 13.1. The third kappa shape index (κ3) is 4.11. The van der Waals surface area contributed by atoms with Crippen LogP contribution in [0.4, 0.5) is 0 Å². The lowest BCUT2D eigenvalue weighted by atomic mass is 9.86. The second-order valence-corrected chi connectivity index (χ2v) is 7.58. The van der Waals surface area contributed by atoms with Gasteiger partial charge in [-0.15, -0.1) is 34.2 Å². The molecule has 2 N–H and O–H groups in total. The Morgan fingerprint density at radius 1 is 1.29 bits per heavy atom. The molecule has 0 saturated heterocycles. The summed E-state index contributed by atoms with van der Waals surface area (Å²) in [5.74, 6) is 3.56. The smallest absolute Gasteiger partial charge is 0.191 e. The highest BCUT2D eigenvalue weighted by Crippen LogP contribution is 2.46. The Morgan fingerprint density at radius 2 is 2.04 bits per heavy atom. The zero-order valence-corrected chi connectivity index (χ0v) is 19.1. The van der Waals surface area contributed by atoms with Gasteiger partial charge in [0.15, 0.2) is 11.8 Å². The molecular weight excluding hydrogens is 467 g/mol. The van der Waals surface area contributed by atoms with Gasteiger partial charge in [0, 0.05) is 26.1 Å².